The fourth-order valence-corrected chi connectivity index (χ4v) is 2.67. The van der Waals surface area contributed by atoms with Crippen LogP contribution in [0, 0.1) is 0 Å². The van der Waals surface area contributed by atoms with Crippen LogP contribution in [0.4, 0.5) is 5.69 Å². The second-order valence-corrected chi connectivity index (χ2v) is 6.56. The minimum absolute atomic E-state index is 0.198. The number of nitrogens with one attached hydrogen (secondary N) is 2. The number of halogens is 1. The second kappa shape index (κ2) is 9.53. The van der Waals surface area contributed by atoms with E-state index in [1.54, 1.807) is 42.5 Å². The van der Waals surface area contributed by atoms with Gasteiger partial charge in [-0.25, -0.2) is 0 Å². The minimum atomic E-state index is -0.281. The molecule has 0 unspecified atom stereocenters. The molecule has 3 rings (SSSR count). The largest absolute Gasteiger partial charge is 0.348 e. The molecule has 3 aromatic carbocycles. The first-order chi connectivity index (χ1) is 13.6. The molecule has 0 aliphatic carbocycles. The van der Waals surface area contributed by atoms with Crippen molar-refractivity contribution < 1.29 is 9.59 Å². The quantitative estimate of drug-likeness (QED) is 0.587. The lowest BCUT2D eigenvalue weighted by atomic mass is 10.1. The summed E-state index contributed by atoms with van der Waals surface area (Å²) in [6, 6.07) is 23.7. The number of amides is 2. The van der Waals surface area contributed by atoms with Gasteiger partial charge in [-0.1, -0.05) is 60.1 Å². The third-order valence-electron chi connectivity index (χ3n) is 3.99. The lowest BCUT2D eigenvalue weighted by molar-refractivity contribution is -0.111. The van der Waals surface area contributed by atoms with Gasteiger partial charge in [-0.2, -0.15) is 0 Å². The molecule has 0 fully saturated rings. The normalized spacial score (nSPS) is 10.6. The summed E-state index contributed by atoms with van der Waals surface area (Å²) < 4.78 is 0. The van der Waals surface area contributed by atoms with Gasteiger partial charge < -0.3 is 10.6 Å². The van der Waals surface area contributed by atoms with E-state index >= 15 is 0 Å². The van der Waals surface area contributed by atoms with Crippen molar-refractivity contribution in [3.05, 3.63) is 107 Å². The van der Waals surface area contributed by atoms with Crippen LogP contribution in [0.5, 0.6) is 0 Å². The minimum Gasteiger partial charge on any atom is -0.348 e. The standard InChI is InChI=1S/C23H19ClN2O2/c24-20-12-9-17(10-13-20)11-14-22(27)26-21-8-4-7-19(15-21)23(28)25-16-18-5-2-1-3-6-18/h1-15H,16H2,(H,25,28)(H,26,27)/b14-11+. The van der Waals surface area contributed by atoms with Gasteiger partial charge in [0.1, 0.15) is 0 Å². The van der Waals surface area contributed by atoms with Crippen LogP contribution in [0.1, 0.15) is 21.5 Å². The van der Waals surface area contributed by atoms with E-state index in [9.17, 15) is 9.59 Å². The van der Waals surface area contributed by atoms with E-state index in [1.807, 2.05) is 42.5 Å². The summed E-state index contributed by atoms with van der Waals surface area (Å²) in [5.74, 6) is -0.478. The van der Waals surface area contributed by atoms with Crippen LogP contribution in [-0.4, -0.2) is 11.8 Å². The molecule has 0 saturated carbocycles. The van der Waals surface area contributed by atoms with E-state index in [4.69, 9.17) is 11.6 Å². The van der Waals surface area contributed by atoms with Crippen LogP contribution in [0.15, 0.2) is 84.9 Å². The van der Waals surface area contributed by atoms with Crippen LogP contribution in [0.3, 0.4) is 0 Å². The Kier molecular flexibility index (Phi) is 6.60. The van der Waals surface area contributed by atoms with E-state index in [-0.39, 0.29) is 11.8 Å². The molecule has 0 radical (unpaired) electrons. The lowest BCUT2D eigenvalue weighted by Gasteiger charge is -2.07. The maximum Gasteiger partial charge on any atom is 0.251 e. The summed E-state index contributed by atoms with van der Waals surface area (Å²) in [5.41, 5.74) is 2.93. The first-order valence-electron chi connectivity index (χ1n) is 8.77. The Balaban J connectivity index is 1.58. The van der Waals surface area contributed by atoms with Crippen molar-refractivity contribution in [3.8, 4) is 0 Å². The average molecular weight is 391 g/mol. The highest BCUT2D eigenvalue weighted by Gasteiger charge is 2.07. The highest BCUT2D eigenvalue weighted by Crippen LogP contribution is 2.13. The summed E-state index contributed by atoms with van der Waals surface area (Å²) in [7, 11) is 0. The van der Waals surface area contributed by atoms with Gasteiger partial charge in [0, 0.05) is 28.9 Å². The monoisotopic (exact) mass is 390 g/mol. The number of rotatable bonds is 6. The first kappa shape index (κ1) is 19.4. The Morgan fingerprint density at radius 3 is 2.39 bits per heavy atom. The van der Waals surface area contributed by atoms with Crippen molar-refractivity contribution in [2.75, 3.05) is 5.32 Å². The second-order valence-electron chi connectivity index (χ2n) is 6.12. The van der Waals surface area contributed by atoms with E-state index in [0.29, 0.717) is 22.8 Å². The van der Waals surface area contributed by atoms with Crippen LogP contribution in [0.2, 0.25) is 5.02 Å². The Labute approximate surface area is 168 Å². The molecular formula is C23H19ClN2O2. The third kappa shape index (κ3) is 5.83. The number of anilines is 1. The molecule has 140 valence electrons. The highest BCUT2D eigenvalue weighted by atomic mass is 35.5. The maximum atomic E-state index is 12.3. The Morgan fingerprint density at radius 1 is 0.893 bits per heavy atom. The molecule has 4 nitrogen and oxygen atoms in total. The molecule has 0 bridgehead atoms. The summed E-state index contributed by atoms with van der Waals surface area (Å²) in [6.07, 6.45) is 3.13. The SMILES string of the molecule is O=C(/C=C/c1ccc(Cl)cc1)Nc1cccc(C(=O)NCc2ccccc2)c1. The fourth-order valence-electron chi connectivity index (χ4n) is 2.55. The number of benzene rings is 3. The van der Waals surface area contributed by atoms with Crippen molar-refractivity contribution in [2.24, 2.45) is 0 Å². The summed E-state index contributed by atoms with van der Waals surface area (Å²) in [4.78, 5) is 24.5. The van der Waals surface area contributed by atoms with Crippen LogP contribution >= 0.6 is 11.6 Å². The zero-order valence-electron chi connectivity index (χ0n) is 15.1. The van der Waals surface area contributed by atoms with Gasteiger partial charge in [0.05, 0.1) is 0 Å². The van der Waals surface area contributed by atoms with Crippen LogP contribution in [-0.2, 0) is 11.3 Å². The van der Waals surface area contributed by atoms with Gasteiger partial charge in [-0.05, 0) is 47.5 Å². The molecule has 5 heteroatoms. The van der Waals surface area contributed by atoms with Crippen molar-refractivity contribution in [2.45, 2.75) is 6.54 Å². The van der Waals surface area contributed by atoms with Gasteiger partial charge in [0.25, 0.3) is 5.91 Å². The predicted molar refractivity (Wildman–Crippen MR) is 113 cm³/mol. The van der Waals surface area contributed by atoms with Crippen molar-refractivity contribution in [1.82, 2.24) is 5.32 Å². The Morgan fingerprint density at radius 2 is 1.64 bits per heavy atom. The molecule has 0 aliphatic rings. The topological polar surface area (TPSA) is 58.2 Å². The summed E-state index contributed by atoms with van der Waals surface area (Å²) in [6.45, 7) is 0.445. The van der Waals surface area contributed by atoms with Crippen molar-refractivity contribution >= 4 is 35.2 Å². The fraction of sp³-hybridized carbons (Fsp3) is 0.0435. The molecule has 0 spiro atoms. The molecule has 0 heterocycles. The Hall–Kier alpha value is -3.37. The van der Waals surface area contributed by atoms with Gasteiger partial charge in [0.15, 0.2) is 0 Å². The average Bonchev–Trinajstić information content (AvgIpc) is 2.72. The number of carbonyl (C=O) groups excluding carboxylic acids is 2. The van der Waals surface area contributed by atoms with Crippen LogP contribution < -0.4 is 10.6 Å². The maximum absolute atomic E-state index is 12.3. The highest BCUT2D eigenvalue weighted by molar-refractivity contribution is 6.30. The van der Waals surface area contributed by atoms with E-state index in [2.05, 4.69) is 10.6 Å². The van der Waals surface area contributed by atoms with E-state index in [1.165, 1.54) is 6.08 Å². The smallest absolute Gasteiger partial charge is 0.251 e. The van der Waals surface area contributed by atoms with Crippen LogP contribution in [0.25, 0.3) is 6.08 Å². The molecule has 0 saturated heterocycles. The predicted octanol–water partition coefficient (Wildman–Crippen LogP) is 4.92. The molecule has 2 amide bonds. The third-order valence-corrected chi connectivity index (χ3v) is 4.24. The molecule has 28 heavy (non-hydrogen) atoms. The van der Waals surface area contributed by atoms with Crippen molar-refractivity contribution in [1.29, 1.82) is 0 Å². The zero-order valence-corrected chi connectivity index (χ0v) is 15.8. The van der Waals surface area contributed by atoms with E-state index < -0.39 is 0 Å². The molecule has 0 aromatic heterocycles. The van der Waals surface area contributed by atoms with Gasteiger partial charge in [-0.3, -0.25) is 9.59 Å². The Bertz CT molecular complexity index is 983. The first-order valence-corrected chi connectivity index (χ1v) is 9.15. The van der Waals surface area contributed by atoms with Gasteiger partial charge in [0.2, 0.25) is 5.91 Å². The van der Waals surface area contributed by atoms with Gasteiger partial charge >= 0.3 is 0 Å². The van der Waals surface area contributed by atoms with Gasteiger partial charge in [-0.15, -0.1) is 0 Å². The lowest BCUT2D eigenvalue weighted by Crippen LogP contribution is -2.22. The van der Waals surface area contributed by atoms with E-state index in [0.717, 1.165) is 11.1 Å². The molecule has 2 N–H and O–H groups in total. The molecular weight excluding hydrogens is 372 g/mol. The summed E-state index contributed by atoms with van der Waals surface area (Å²) >= 11 is 5.84. The summed E-state index contributed by atoms with van der Waals surface area (Å²) in [5, 5.41) is 6.27. The molecule has 3 aromatic rings. The number of hydrogen-bond acceptors (Lipinski definition) is 2. The molecule has 0 aliphatic heterocycles. The zero-order chi connectivity index (χ0) is 19.8. The van der Waals surface area contributed by atoms with Crippen molar-refractivity contribution in [3.63, 3.8) is 0 Å². The molecule has 0 atom stereocenters. The number of hydrogen-bond donors (Lipinski definition) is 2. The number of carbonyl (C=O) groups is 2.